The number of ether oxygens (including phenoxy) is 1. The molecule has 88 valence electrons. The van der Waals surface area contributed by atoms with Gasteiger partial charge in [-0.3, -0.25) is 0 Å². The van der Waals surface area contributed by atoms with Gasteiger partial charge in [0.15, 0.2) is 6.10 Å². The molecule has 1 rings (SSSR count). The van der Waals surface area contributed by atoms with Gasteiger partial charge >= 0.3 is 5.97 Å². The van der Waals surface area contributed by atoms with Crippen LogP contribution in [0.25, 0.3) is 0 Å². The van der Waals surface area contributed by atoms with E-state index < -0.39 is 17.5 Å². The number of halogens is 1. The molecule has 0 aliphatic carbocycles. The summed E-state index contributed by atoms with van der Waals surface area (Å²) in [7, 11) is 0. The van der Waals surface area contributed by atoms with Crippen LogP contribution in [0.5, 0.6) is 5.75 Å². The number of benzene rings is 1. The van der Waals surface area contributed by atoms with E-state index in [-0.39, 0.29) is 0 Å². The third kappa shape index (κ3) is 3.52. The van der Waals surface area contributed by atoms with Crippen LogP contribution in [0.2, 0.25) is 0 Å². The number of carboxylic acids is 1. The summed E-state index contributed by atoms with van der Waals surface area (Å²) in [5.41, 5.74) is -0.450. The number of aliphatic carboxylic acids is 1. The van der Waals surface area contributed by atoms with Crippen LogP contribution < -0.4 is 4.74 Å². The van der Waals surface area contributed by atoms with Gasteiger partial charge in [0.2, 0.25) is 0 Å². The molecule has 0 bridgehead atoms. The smallest absolute Gasteiger partial charge is 0.345 e. The first kappa shape index (κ1) is 13.0. The molecule has 1 aromatic rings. The Morgan fingerprint density at radius 3 is 2.50 bits per heavy atom. The van der Waals surface area contributed by atoms with E-state index in [9.17, 15) is 4.79 Å². The molecule has 3 nitrogen and oxygen atoms in total. The van der Waals surface area contributed by atoms with E-state index in [1.165, 1.54) is 0 Å². The normalized spacial score (nSPS) is 13.2. The van der Waals surface area contributed by atoms with Crippen molar-refractivity contribution < 1.29 is 14.6 Å². The van der Waals surface area contributed by atoms with Crippen LogP contribution in [-0.4, -0.2) is 17.2 Å². The second kappa shape index (κ2) is 4.87. The highest BCUT2D eigenvalue weighted by Crippen LogP contribution is 2.26. The van der Waals surface area contributed by atoms with Crippen LogP contribution in [0.15, 0.2) is 28.7 Å². The lowest BCUT2D eigenvalue weighted by Gasteiger charge is -2.27. The van der Waals surface area contributed by atoms with Crippen molar-refractivity contribution in [1.29, 1.82) is 0 Å². The molecule has 1 unspecified atom stereocenters. The number of carbonyl (C=O) groups is 1. The Morgan fingerprint density at radius 1 is 1.44 bits per heavy atom. The van der Waals surface area contributed by atoms with Crippen molar-refractivity contribution in [1.82, 2.24) is 0 Å². The quantitative estimate of drug-likeness (QED) is 0.927. The summed E-state index contributed by atoms with van der Waals surface area (Å²) < 4.78 is 6.36. The standard InChI is InChI=1S/C12H15BrO3/c1-12(2,3)10(11(14)15)16-9-6-4-5-8(13)7-9/h4-7,10H,1-3H3,(H,14,15). The number of carboxylic acid groups (broad SMARTS) is 1. The molecule has 4 heteroatoms. The summed E-state index contributed by atoms with van der Waals surface area (Å²) in [6.07, 6.45) is -0.859. The van der Waals surface area contributed by atoms with Crippen LogP contribution in [-0.2, 0) is 4.79 Å². The molecular weight excluding hydrogens is 272 g/mol. The zero-order valence-corrected chi connectivity index (χ0v) is 11.1. The maximum absolute atomic E-state index is 11.1. The second-order valence-corrected chi connectivity index (χ2v) is 5.58. The van der Waals surface area contributed by atoms with E-state index in [4.69, 9.17) is 9.84 Å². The fraction of sp³-hybridized carbons (Fsp3) is 0.417. The molecule has 0 amide bonds. The first-order valence-electron chi connectivity index (χ1n) is 4.96. The van der Waals surface area contributed by atoms with Gasteiger partial charge in [0.1, 0.15) is 5.75 Å². The second-order valence-electron chi connectivity index (χ2n) is 4.66. The number of rotatable bonds is 3. The molecule has 0 spiro atoms. The Bertz CT molecular complexity index is 382. The molecular formula is C12H15BrO3. The molecule has 1 aromatic carbocycles. The minimum Gasteiger partial charge on any atom is -0.478 e. The summed E-state index contributed by atoms with van der Waals surface area (Å²) in [6.45, 7) is 5.51. The predicted molar refractivity (Wildman–Crippen MR) is 65.6 cm³/mol. The lowest BCUT2D eigenvalue weighted by molar-refractivity contribution is -0.150. The average molecular weight is 287 g/mol. The van der Waals surface area contributed by atoms with Crippen LogP contribution in [0.1, 0.15) is 20.8 Å². The number of hydrogen-bond acceptors (Lipinski definition) is 2. The molecule has 0 radical (unpaired) electrons. The van der Waals surface area contributed by atoms with Crippen molar-refractivity contribution in [2.24, 2.45) is 5.41 Å². The third-order valence-corrected chi connectivity index (χ3v) is 2.55. The van der Waals surface area contributed by atoms with E-state index in [0.717, 1.165) is 4.47 Å². The van der Waals surface area contributed by atoms with Crippen molar-refractivity contribution in [3.05, 3.63) is 28.7 Å². The van der Waals surface area contributed by atoms with Crippen LogP contribution >= 0.6 is 15.9 Å². The van der Waals surface area contributed by atoms with Gasteiger partial charge in [-0.15, -0.1) is 0 Å². The number of hydrogen-bond donors (Lipinski definition) is 1. The summed E-state index contributed by atoms with van der Waals surface area (Å²) in [6, 6.07) is 7.16. The largest absolute Gasteiger partial charge is 0.478 e. The third-order valence-electron chi connectivity index (χ3n) is 2.06. The maximum Gasteiger partial charge on any atom is 0.345 e. The SMILES string of the molecule is CC(C)(C)C(Oc1cccc(Br)c1)C(=O)O. The molecule has 16 heavy (non-hydrogen) atoms. The van der Waals surface area contributed by atoms with Gasteiger partial charge in [-0.25, -0.2) is 4.79 Å². The lowest BCUT2D eigenvalue weighted by atomic mass is 9.89. The summed E-state index contributed by atoms with van der Waals surface area (Å²) in [5.74, 6) is -0.399. The summed E-state index contributed by atoms with van der Waals surface area (Å²) in [5, 5.41) is 9.10. The van der Waals surface area contributed by atoms with Gasteiger partial charge in [-0.05, 0) is 18.2 Å². The Hall–Kier alpha value is -1.03. The monoisotopic (exact) mass is 286 g/mol. The summed E-state index contributed by atoms with van der Waals surface area (Å²) in [4.78, 5) is 11.1. The van der Waals surface area contributed by atoms with Gasteiger partial charge < -0.3 is 9.84 Å². The zero-order chi connectivity index (χ0) is 12.3. The van der Waals surface area contributed by atoms with E-state index in [1.54, 1.807) is 18.2 Å². The molecule has 0 aliphatic heterocycles. The van der Waals surface area contributed by atoms with Gasteiger partial charge in [0.25, 0.3) is 0 Å². The molecule has 1 N–H and O–H groups in total. The fourth-order valence-corrected chi connectivity index (χ4v) is 1.65. The van der Waals surface area contributed by atoms with Crippen molar-refractivity contribution in [3.63, 3.8) is 0 Å². The molecule has 0 saturated carbocycles. The van der Waals surface area contributed by atoms with Crippen molar-refractivity contribution in [3.8, 4) is 5.75 Å². The van der Waals surface area contributed by atoms with E-state index in [1.807, 2.05) is 26.8 Å². The van der Waals surface area contributed by atoms with Crippen molar-refractivity contribution >= 4 is 21.9 Å². The van der Waals surface area contributed by atoms with E-state index >= 15 is 0 Å². The highest BCUT2D eigenvalue weighted by Gasteiger charge is 2.33. The van der Waals surface area contributed by atoms with Gasteiger partial charge in [-0.2, -0.15) is 0 Å². The van der Waals surface area contributed by atoms with E-state index in [0.29, 0.717) is 5.75 Å². The molecule has 1 atom stereocenters. The topological polar surface area (TPSA) is 46.5 Å². The Kier molecular flexibility index (Phi) is 3.97. The first-order chi connectivity index (χ1) is 7.30. The van der Waals surface area contributed by atoms with Gasteiger partial charge in [0.05, 0.1) is 0 Å². The van der Waals surface area contributed by atoms with Crippen LogP contribution in [0.4, 0.5) is 0 Å². The van der Waals surface area contributed by atoms with Crippen molar-refractivity contribution in [2.45, 2.75) is 26.9 Å². The molecule has 0 fully saturated rings. The predicted octanol–water partition coefficient (Wildman–Crippen LogP) is 3.33. The van der Waals surface area contributed by atoms with Gasteiger partial charge in [-0.1, -0.05) is 42.8 Å². The van der Waals surface area contributed by atoms with Gasteiger partial charge in [0, 0.05) is 9.89 Å². The maximum atomic E-state index is 11.1. The van der Waals surface area contributed by atoms with Crippen LogP contribution in [0.3, 0.4) is 0 Å². The zero-order valence-electron chi connectivity index (χ0n) is 9.53. The minimum absolute atomic E-state index is 0.450. The minimum atomic E-state index is -0.951. The first-order valence-corrected chi connectivity index (χ1v) is 5.75. The lowest BCUT2D eigenvalue weighted by Crippen LogP contribution is -2.39. The fourth-order valence-electron chi connectivity index (χ4n) is 1.27. The molecule has 0 heterocycles. The van der Waals surface area contributed by atoms with Crippen LogP contribution in [0, 0.1) is 5.41 Å². The molecule has 0 aromatic heterocycles. The Morgan fingerprint density at radius 2 is 2.06 bits per heavy atom. The molecule has 0 aliphatic rings. The highest BCUT2D eigenvalue weighted by molar-refractivity contribution is 9.10. The Labute approximate surface area is 104 Å². The highest BCUT2D eigenvalue weighted by atomic mass is 79.9. The van der Waals surface area contributed by atoms with E-state index in [2.05, 4.69) is 15.9 Å². The Balaban J connectivity index is 2.89. The summed E-state index contributed by atoms with van der Waals surface area (Å²) >= 11 is 3.31. The average Bonchev–Trinajstić information content (AvgIpc) is 2.12. The van der Waals surface area contributed by atoms with Crippen molar-refractivity contribution in [2.75, 3.05) is 0 Å². The molecule has 0 saturated heterocycles.